The van der Waals surface area contributed by atoms with Gasteiger partial charge in [0.25, 0.3) is 5.56 Å². The molecule has 18 heavy (non-hydrogen) atoms. The Hall–Kier alpha value is -1.57. The molecule has 0 radical (unpaired) electrons. The standard InChI is InChI=1S/C10H6BrF3N2O2/c1-18-5-2-3-16-6(4-5)15-8(10(12,13)14)7(11)9(16)17/h2-4H,1H3. The Morgan fingerprint density at radius 1 is 1.44 bits per heavy atom. The highest BCUT2D eigenvalue weighted by Crippen LogP contribution is 2.31. The normalized spacial score (nSPS) is 11.8. The number of hydrogen-bond donors (Lipinski definition) is 0. The molecule has 0 aliphatic heterocycles. The van der Waals surface area contributed by atoms with E-state index in [1.807, 2.05) is 0 Å². The van der Waals surface area contributed by atoms with Gasteiger partial charge in [0, 0.05) is 12.3 Å². The SMILES string of the molecule is COc1ccn2c(=O)c(Br)c(C(F)(F)F)nc2c1. The molecular weight excluding hydrogens is 317 g/mol. The number of halogens is 4. The molecule has 0 amide bonds. The molecule has 2 heterocycles. The van der Waals surface area contributed by atoms with Crippen molar-refractivity contribution in [1.82, 2.24) is 9.38 Å². The Bertz CT molecular complexity index is 666. The maximum absolute atomic E-state index is 12.7. The summed E-state index contributed by atoms with van der Waals surface area (Å²) in [6.07, 6.45) is -3.40. The Morgan fingerprint density at radius 2 is 2.11 bits per heavy atom. The molecule has 0 saturated heterocycles. The highest BCUT2D eigenvalue weighted by molar-refractivity contribution is 9.10. The molecular formula is C10H6BrF3N2O2. The third-order valence-corrected chi connectivity index (χ3v) is 2.97. The predicted molar refractivity (Wildman–Crippen MR) is 60.7 cm³/mol. The third-order valence-electron chi connectivity index (χ3n) is 2.25. The Morgan fingerprint density at radius 3 is 2.67 bits per heavy atom. The van der Waals surface area contributed by atoms with Gasteiger partial charge in [0.15, 0.2) is 5.69 Å². The van der Waals surface area contributed by atoms with E-state index in [4.69, 9.17) is 4.74 Å². The van der Waals surface area contributed by atoms with Crippen molar-refractivity contribution in [1.29, 1.82) is 0 Å². The van der Waals surface area contributed by atoms with Crippen LogP contribution in [-0.4, -0.2) is 16.5 Å². The van der Waals surface area contributed by atoms with E-state index in [1.54, 1.807) is 0 Å². The number of rotatable bonds is 1. The van der Waals surface area contributed by atoms with Gasteiger partial charge in [-0.3, -0.25) is 9.20 Å². The summed E-state index contributed by atoms with van der Waals surface area (Å²) in [5, 5.41) is 0. The largest absolute Gasteiger partial charge is 0.497 e. The van der Waals surface area contributed by atoms with Crippen molar-refractivity contribution in [2.24, 2.45) is 0 Å². The van der Waals surface area contributed by atoms with E-state index in [1.165, 1.54) is 25.4 Å². The summed E-state index contributed by atoms with van der Waals surface area (Å²) in [5.41, 5.74) is -2.20. The molecule has 2 aromatic rings. The maximum Gasteiger partial charge on any atom is 0.434 e. The summed E-state index contributed by atoms with van der Waals surface area (Å²) in [7, 11) is 1.37. The first kappa shape index (κ1) is 12.9. The summed E-state index contributed by atoms with van der Waals surface area (Å²) in [6, 6.07) is 2.71. The van der Waals surface area contributed by atoms with Crippen LogP contribution in [0.4, 0.5) is 13.2 Å². The van der Waals surface area contributed by atoms with E-state index >= 15 is 0 Å². The van der Waals surface area contributed by atoms with E-state index in [0.717, 1.165) is 4.40 Å². The van der Waals surface area contributed by atoms with Gasteiger partial charge in [-0.05, 0) is 22.0 Å². The molecule has 0 saturated carbocycles. The molecule has 0 bridgehead atoms. The number of alkyl halides is 3. The van der Waals surface area contributed by atoms with Crippen LogP contribution in [0.15, 0.2) is 27.6 Å². The average Bonchev–Trinajstić information content (AvgIpc) is 2.31. The highest BCUT2D eigenvalue weighted by Gasteiger charge is 2.36. The summed E-state index contributed by atoms with van der Waals surface area (Å²) in [4.78, 5) is 15.2. The lowest BCUT2D eigenvalue weighted by molar-refractivity contribution is -0.141. The molecule has 0 aromatic carbocycles. The molecule has 0 fully saturated rings. The first-order chi connectivity index (χ1) is 8.34. The monoisotopic (exact) mass is 322 g/mol. The zero-order valence-corrected chi connectivity index (χ0v) is 10.5. The van der Waals surface area contributed by atoms with E-state index in [2.05, 4.69) is 20.9 Å². The van der Waals surface area contributed by atoms with Crippen molar-refractivity contribution in [3.63, 3.8) is 0 Å². The molecule has 0 unspecified atom stereocenters. The van der Waals surface area contributed by atoms with Gasteiger partial charge < -0.3 is 4.74 Å². The van der Waals surface area contributed by atoms with Crippen LogP contribution in [0, 0.1) is 0 Å². The number of pyridine rings is 1. The van der Waals surface area contributed by atoms with E-state index in [0.29, 0.717) is 5.75 Å². The van der Waals surface area contributed by atoms with Crippen molar-refractivity contribution in [2.45, 2.75) is 6.18 Å². The summed E-state index contributed by atoms with van der Waals surface area (Å²) >= 11 is 2.63. The van der Waals surface area contributed by atoms with Crippen LogP contribution < -0.4 is 10.3 Å². The van der Waals surface area contributed by atoms with Gasteiger partial charge in [0.1, 0.15) is 15.9 Å². The molecule has 96 valence electrons. The lowest BCUT2D eigenvalue weighted by Gasteiger charge is -2.10. The molecule has 0 atom stereocenters. The molecule has 0 N–H and O–H groups in total. The quantitative estimate of drug-likeness (QED) is 0.810. The molecule has 8 heteroatoms. The van der Waals surface area contributed by atoms with Crippen LogP contribution >= 0.6 is 15.9 Å². The highest BCUT2D eigenvalue weighted by atomic mass is 79.9. The summed E-state index contributed by atoms with van der Waals surface area (Å²) in [6.45, 7) is 0. The minimum atomic E-state index is -4.70. The fourth-order valence-electron chi connectivity index (χ4n) is 1.41. The zero-order valence-electron chi connectivity index (χ0n) is 8.95. The van der Waals surface area contributed by atoms with Crippen LogP contribution in [-0.2, 0) is 6.18 Å². The van der Waals surface area contributed by atoms with E-state index < -0.39 is 21.9 Å². The zero-order chi connectivity index (χ0) is 13.5. The lowest BCUT2D eigenvalue weighted by atomic mass is 10.3. The predicted octanol–water partition coefficient (Wildman–Crippen LogP) is 2.48. The number of hydrogen-bond acceptors (Lipinski definition) is 3. The van der Waals surface area contributed by atoms with E-state index in [9.17, 15) is 18.0 Å². The van der Waals surface area contributed by atoms with Gasteiger partial charge in [-0.1, -0.05) is 0 Å². The number of ether oxygens (including phenoxy) is 1. The Labute approximate surface area is 107 Å². The molecule has 2 rings (SSSR count). The topological polar surface area (TPSA) is 43.6 Å². The number of aromatic nitrogens is 2. The lowest BCUT2D eigenvalue weighted by Crippen LogP contribution is -2.22. The van der Waals surface area contributed by atoms with Crippen molar-refractivity contribution in [3.05, 3.63) is 38.9 Å². The Balaban J connectivity index is 2.84. The summed E-state index contributed by atoms with van der Waals surface area (Å²) in [5.74, 6) is 0.317. The van der Waals surface area contributed by atoms with Gasteiger partial charge in [-0.25, -0.2) is 4.98 Å². The van der Waals surface area contributed by atoms with Crippen LogP contribution in [0.1, 0.15) is 5.69 Å². The second kappa shape index (κ2) is 4.27. The van der Waals surface area contributed by atoms with Gasteiger partial charge in [-0.15, -0.1) is 0 Å². The fraction of sp³-hybridized carbons (Fsp3) is 0.200. The van der Waals surface area contributed by atoms with Crippen LogP contribution in [0.2, 0.25) is 0 Å². The van der Waals surface area contributed by atoms with Gasteiger partial charge in [-0.2, -0.15) is 13.2 Å². The van der Waals surface area contributed by atoms with Gasteiger partial charge >= 0.3 is 6.18 Å². The molecule has 0 aliphatic rings. The minimum Gasteiger partial charge on any atom is -0.497 e. The van der Waals surface area contributed by atoms with Crippen LogP contribution in [0.3, 0.4) is 0 Å². The average molecular weight is 323 g/mol. The number of methoxy groups -OCH3 is 1. The third kappa shape index (κ3) is 2.07. The number of nitrogens with zero attached hydrogens (tertiary/aromatic N) is 2. The van der Waals surface area contributed by atoms with Crippen molar-refractivity contribution < 1.29 is 17.9 Å². The molecule has 2 aromatic heterocycles. The van der Waals surface area contributed by atoms with Gasteiger partial charge in [0.2, 0.25) is 0 Å². The van der Waals surface area contributed by atoms with E-state index in [-0.39, 0.29) is 5.65 Å². The first-order valence-electron chi connectivity index (χ1n) is 4.67. The van der Waals surface area contributed by atoms with Crippen molar-refractivity contribution >= 4 is 21.6 Å². The summed E-state index contributed by atoms with van der Waals surface area (Å²) < 4.78 is 43.3. The van der Waals surface area contributed by atoms with Gasteiger partial charge in [0.05, 0.1) is 7.11 Å². The van der Waals surface area contributed by atoms with Crippen LogP contribution in [0.25, 0.3) is 5.65 Å². The van der Waals surface area contributed by atoms with Crippen LogP contribution in [0.5, 0.6) is 5.75 Å². The second-order valence-electron chi connectivity index (χ2n) is 3.37. The fourth-order valence-corrected chi connectivity index (χ4v) is 1.92. The number of fused-ring (bicyclic) bond motifs is 1. The minimum absolute atomic E-state index is 0.130. The molecule has 0 spiro atoms. The molecule has 0 aliphatic carbocycles. The van der Waals surface area contributed by atoms with Crippen molar-refractivity contribution in [2.75, 3.05) is 7.11 Å². The first-order valence-corrected chi connectivity index (χ1v) is 5.47. The van der Waals surface area contributed by atoms with Crippen molar-refractivity contribution in [3.8, 4) is 5.75 Å². The Kier molecular flexibility index (Phi) is 3.05. The second-order valence-corrected chi connectivity index (χ2v) is 4.17. The smallest absolute Gasteiger partial charge is 0.434 e. The molecule has 4 nitrogen and oxygen atoms in total. The maximum atomic E-state index is 12.7.